The van der Waals surface area contributed by atoms with Crippen LogP contribution in [-0.4, -0.2) is 20.2 Å². The van der Waals surface area contributed by atoms with Crippen molar-refractivity contribution in [3.05, 3.63) is 64.1 Å². The molecule has 0 aliphatic rings. The topological polar surface area (TPSA) is 43.6 Å². The Bertz CT molecular complexity index is 777. The van der Waals surface area contributed by atoms with Gasteiger partial charge in [0.1, 0.15) is 0 Å². The Hall–Kier alpha value is -1.91. The maximum Gasteiger partial charge on any atom is 0.182 e. The number of hydrogen-bond donors (Lipinski definition) is 0. The molecule has 3 aromatic rings. The second-order valence-corrected chi connectivity index (χ2v) is 6.36. The fraction of sp³-hybridized carbons (Fsp3) is 0.188. The number of aromatic nitrogens is 4. The zero-order valence-corrected chi connectivity index (χ0v) is 13.7. The summed E-state index contributed by atoms with van der Waals surface area (Å²) in [5.74, 6) is 0.691. The summed E-state index contributed by atoms with van der Waals surface area (Å²) in [4.78, 5) is 0. The van der Waals surface area contributed by atoms with Gasteiger partial charge in [-0.1, -0.05) is 35.3 Å². The largest absolute Gasteiger partial charge is 0.215 e. The first-order valence-electron chi connectivity index (χ1n) is 6.79. The summed E-state index contributed by atoms with van der Waals surface area (Å²) < 4.78 is 1.81. The van der Waals surface area contributed by atoms with Gasteiger partial charge in [-0.25, -0.2) is 4.68 Å². The second kappa shape index (κ2) is 5.71. The molecule has 3 rings (SSSR count). The van der Waals surface area contributed by atoms with Crippen molar-refractivity contribution in [3.8, 4) is 11.4 Å². The minimum atomic E-state index is -0.414. The Labute approximate surface area is 138 Å². The molecule has 0 aliphatic carbocycles. The Morgan fingerprint density at radius 3 is 2.00 bits per heavy atom. The lowest BCUT2D eigenvalue weighted by atomic mass is 9.94. The van der Waals surface area contributed by atoms with Gasteiger partial charge in [0.05, 0.1) is 5.54 Å². The van der Waals surface area contributed by atoms with Crippen molar-refractivity contribution in [2.45, 2.75) is 19.4 Å². The lowest BCUT2D eigenvalue weighted by molar-refractivity contribution is 0.385. The van der Waals surface area contributed by atoms with E-state index >= 15 is 0 Å². The minimum Gasteiger partial charge on any atom is -0.215 e. The van der Waals surface area contributed by atoms with E-state index in [-0.39, 0.29) is 0 Å². The fourth-order valence-electron chi connectivity index (χ4n) is 2.32. The molecule has 112 valence electrons. The van der Waals surface area contributed by atoms with Crippen molar-refractivity contribution in [3.63, 3.8) is 0 Å². The summed E-state index contributed by atoms with van der Waals surface area (Å²) in [5, 5.41) is 13.6. The normalized spacial score (nSPS) is 11.6. The summed E-state index contributed by atoms with van der Waals surface area (Å²) >= 11 is 11.9. The lowest BCUT2D eigenvalue weighted by Crippen LogP contribution is -2.29. The quantitative estimate of drug-likeness (QED) is 0.712. The monoisotopic (exact) mass is 332 g/mol. The van der Waals surface area contributed by atoms with Crippen LogP contribution in [-0.2, 0) is 5.54 Å². The summed E-state index contributed by atoms with van der Waals surface area (Å²) in [6.45, 7) is 4.12. The predicted molar refractivity (Wildman–Crippen MR) is 88.1 cm³/mol. The van der Waals surface area contributed by atoms with Crippen LogP contribution in [0.2, 0.25) is 10.0 Å². The van der Waals surface area contributed by atoms with Crippen LogP contribution in [0.25, 0.3) is 11.4 Å². The van der Waals surface area contributed by atoms with Gasteiger partial charge in [-0.15, -0.1) is 5.10 Å². The van der Waals surface area contributed by atoms with Crippen LogP contribution < -0.4 is 0 Å². The van der Waals surface area contributed by atoms with E-state index in [0.29, 0.717) is 15.9 Å². The molecule has 0 saturated heterocycles. The molecule has 0 N–H and O–H groups in total. The van der Waals surface area contributed by atoms with E-state index in [0.717, 1.165) is 11.1 Å². The van der Waals surface area contributed by atoms with Crippen molar-refractivity contribution in [2.75, 3.05) is 0 Å². The van der Waals surface area contributed by atoms with Gasteiger partial charge in [0.15, 0.2) is 5.82 Å². The summed E-state index contributed by atoms with van der Waals surface area (Å²) in [5.41, 5.74) is 1.57. The fourth-order valence-corrected chi connectivity index (χ4v) is 2.57. The van der Waals surface area contributed by atoms with Gasteiger partial charge in [-0.2, -0.15) is 0 Å². The van der Waals surface area contributed by atoms with Crippen molar-refractivity contribution < 1.29 is 0 Å². The summed E-state index contributed by atoms with van der Waals surface area (Å²) in [7, 11) is 0. The Morgan fingerprint density at radius 1 is 0.864 bits per heavy atom. The highest BCUT2D eigenvalue weighted by atomic mass is 35.5. The molecule has 0 unspecified atom stereocenters. The average molecular weight is 333 g/mol. The van der Waals surface area contributed by atoms with Crippen LogP contribution >= 0.6 is 23.2 Å². The van der Waals surface area contributed by atoms with E-state index in [4.69, 9.17) is 23.2 Å². The van der Waals surface area contributed by atoms with Gasteiger partial charge in [-0.3, -0.25) is 0 Å². The van der Waals surface area contributed by atoms with Crippen molar-refractivity contribution in [1.82, 2.24) is 20.2 Å². The molecule has 0 saturated carbocycles. The van der Waals surface area contributed by atoms with Gasteiger partial charge >= 0.3 is 0 Å². The van der Waals surface area contributed by atoms with Crippen LogP contribution in [0, 0.1) is 0 Å². The van der Waals surface area contributed by atoms with Gasteiger partial charge in [0.25, 0.3) is 0 Å². The van der Waals surface area contributed by atoms with Crippen LogP contribution in [0.4, 0.5) is 0 Å². The van der Waals surface area contributed by atoms with Crippen LogP contribution in [0.5, 0.6) is 0 Å². The third-order valence-electron chi connectivity index (χ3n) is 3.65. The van der Waals surface area contributed by atoms with Gasteiger partial charge in [0, 0.05) is 15.6 Å². The Kier molecular flexibility index (Phi) is 3.89. The molecule has 0 spiro atoms. The number of nitrogens with zero attached hydrogens (tertiary/aromatic N) is 4. The highest BCUT2D eigenvalue weighted by Crippen LogP contribution is 2.30. The molecule has 2 aromatic carbocycles. The molecule has 0 amide bonds. The smallest absolute Gasteiger partial charge is 0.182 e. The maximum absolute atomic E-state index is 5.97. The third-order valence-corrected chi connectivity index (χ3v) is 4.16. The van der Waals surface area contributed by atoms with Crippen molar-refractivity contribution >= 4 is 23.2 Å². The predicted octanol–water partition coefficient (Wildman–Crippen LogP) is 4.43. The molecule has 6 heteroatoms. The van der Waals surface area contributed by atoms with Gasteiger partial charge in [0.2, 0.25) is 0 Å². The first-order valence-corrected chi connectivity index (χ1v) is 7.55. The van der Waals surface area contributed by atoms with Crippen LogP contribution in [0.3, 0.4) is 0 Å². The van der Waals surface area contributed by atoms with E-state index in [1.165, 1.54) is 0 Å². The van der Waals surface area contributed by atoms with E-state index in [9.17, 15) is 0 Å². The third kappa shape index (κ3) is 2.72. The lowest BCUT2D eigenvalue weighted by Gasteiger charge is -2.26. The van der Waals surface area contributed by atoms with E-state index in [1.807, 2.05) is 48.5 Å². The average Bonchev–Trinajstić information content (AvgIpc) is 2.99. The number of halogens is 2. The molecular weight excluding hydrogens is 319 g/mol. The van der Waals surface area contributed by atoms with E-state index < -0.39 is 5.54 Å². The molecule has 0 aliphatic heterocycles. The first kappa shape index (κ1) is 15.0. The first-order chi connectivity index (χ1) is 10.5. The van der Waals surface area contributed by atoms with E-state index in [1.54, 1.807) is 4.68 Å². The minimum absolute atomic E-state index is 0.414. The Morgan fingerprint density at radius 2 is 1.41 bits per heavy atom. The highest BCUT2D eigenvalue weighted by molar-refractivity contribution is 6.30. The van der Waals surface area contributed by atoms with Crippen molar-refractivity contribution in [2.24, 2.45) is 0 Å². The molecule has 0 atom stereocenters. The number of tetrazole rings is 1. The van der Waals surface area contributed by atoms with Crippen LogP contribution in [0.1, 0.15) is 19.4 Å². The zero-order valence-electron chi connectivity index (χ0n) is 12.2. The molecule has 1 aromatic heterocycles. The molecule has 0 fully saturated rings. The second-order valence-electron chi connectivity index (χ2n) is 5.49. The molecule has 0 radical (unpaired) electrons. The van der Waals surface area contributed by atoms with Gasteiger partial charge < -0.3 is 0 Å². The van der Waals surface area contributed by atoms with Crippen molar-refractivity contribution in [1.29, 1.82) is 0 Å². The molecule has 0 bridgehead atoms. The molecule has 4 nitrogen and oxygen atoms in total. The summed E-state index contributed by atoms with van der Waals surface area (Å²) in [6, 6.07) is 15.2. The summed E-state index contributed by atoms with van der Waals surface area (Å²) in [6.07, 6.45) is 0. The number of rotatable bonds is 3. The van der Waals surface area contributed by atoms with Crippen LogP contribution in [0.15, 0.2) is 48.5 Å². The van der Waals surface area contributed by atoms with Gasteiger partial charge in [-0.05, 0) is 66.2 Å². The Balaban J connectivity index is 2.07. The highest BCUT2D eigenvalue weighted by Gasteiger charge is 2.28. The molecule has 1 heterocycles. The molecular formula is C16H14Cl2N4. The standard InChI is InChI=1S/C16H14Cl2N4/c1-16(2,12-5-9-14(18)10-6-12)22-15(19-20-21-22)11-3-7-13(17)8-4-11/h3-10H,1-2H3. The maximum atomic E-state index is 5.97. The number of hydrogen-bond acceptors (Lipinski definition) is 3. The number of benzene rings is 2. The zero-order chi connectivity index (χ0) is 15.7. The van der Waals surface area contributed by atoms with E-state index in [2.05, 4.69) is 29.4 Å². The molecule has 22 heavy (non-hydrogen) atoms. The SMILES string of the molecule is CC(C)(c1ccc(Cl)cc1)n1nnnc1-c1ccc(Cl)cc1.